The zero-order valence-electron chi connectivity index (χ0n) is 14.4. The average molecular weight is 378 g/mol. The highest BCUT2D eigenvalue weighted by molar-refractivity contribution is 6.01. The molecule has 2 aromatic heterocycles. The molecule has 0 spiro atoms. The van der Waals surface area contributed by atoms with Gasteiger partial charge in [-0.15, -0.1) is 0 Å². The molecule has 2 heterocycles. The van der Waals surface area contributed by atoms with Gasteiger partial charge in [0, 0.05) is 6.07 Å². The largest absolute Gasteiger partial charge is 0.479 e. The molecule has 0 saturated heterocycles. The maximum absolute atomic E-state index is 12.3. The lowest BCUT2D eigenvalue weighted by Gasteiger charge is -2.04. The Morgan fingerprint density at radius 1 is 1.14 bits per heavy atom. The van der Waals surface area contributed by atoms with Crippen LogP contribution < -0.4 is 10.1 Å². The first kappa shape index (κ1) is 17.3. The summed E-state index contributed by atoms with van der Waals surface area (Å²) in [6.07, 6.45) is 0. The first-order valence-electron chi connectivity index (χ1n) is 8.31. The Kier molecular flexibility index (Phi) is 4.47. The maximum atomic E-state index is 12.3. The van der Waals surface area contributed by atoms with Crippen molar-refractivity contribution >= 4 is 28.6 Å². The van der Waals surface area contributed by atoms with Gasteiger partial charge in [-0.3, -0.25) is 20.2 Å². The third kappa shape index (κ3) is 3.54. The molecule has 1 amide bonds. The number of anilines is 1. The Labute approximate surface area is 158 Å². The molecule has 140 valence electrons. The first-order valence-corrected chi connectivity index (χ1v) is 8.31. The number of nitrogens with zero attached hydrogens (tertiary/aromatic N) is 2. The number of carbonyl (C=O) groups is 1. The summed E-state index contributed by atoms with van der Waals surface area (Å²) >= 11 is 0. The summed E-state index contributed by atoms with van der Waals surface area (Å²) in [7, 11) is 0. The van der Waals surface area contributed by atoms with Gasteiger partial charge in [-0.2, -0.15) is 0 Å². The van der Waals surface area contributed by atoms with Gasteiger partial charge in [0.25, 0.3) is 5.91 Å². The minimum atomic E-state index is -0.524. The quantitative estimate of drug-likeness (QED) is 0.387. The van der Waals surface area contributed by atoms with Crippen molar-refractivity contribution in [2.75, 3.05) is 5.32 Å². The standard InChI is InChI=1S/C19H14N4O5/c24-18(22-19-20-13-5-1-2-6-14(13)21-19)17-10-9-12(28-17)11-27-16-8-4-3-7-15(16)23(25)26/h1-10H,11H2,(H2,20,21,22,24). The van der Waals surface area contributed by atoms with Gasteiger partial charge in [0.15, 0.2) is 11.5 Å². The topological polar surface area (TPSA) is 123 Å². The zero-order chi connectivity index (χ0) is 19.5. The lowest BCUT2D eigenvalue weighted by atomic mass is 10.3. The van der Waals surface area contributed by atoms with Crippen LogP contribution in [0.5, 0.6) is 5.75 Å². The number of imidazole rings is 1. The molecule has 0 radical (unpaired) electrons. The Morgan fingerprint density at radius 2 is 1.93 bits per heavy atom. The minimum Gasteiger partial charge on any atom is -0.479 e. The van der Waals surface area contributed by atoms with Crippen molar-refractivity contribution in [1.82, 2.24) is 9.97 Å². The summed E-state index contributed by atoms with van der Waals surface area (Å²) in [6, 6.07) is 16.5. The van der Waals surface area contributed by atoms with Crippen molar-refractivity contribution in [3.05, 3.63) is 82.3 Å². The van der Waals surface area contributed by atoms with E-state index in [2.05, 4.69) is 15.3 Å². The SMILES string of the molecule is O=C(Nc1nc2ccccc2[nH]1)c1ccc(COc2ccccc2[N+](=O)[O-])o1. The second kappa shape index (κ2) is 7.23. The second-order valence-electron chi connectivity index (χ2n) is 5.84. The summed E-state index contributed by atoms with van der Waals surface area (Å²) in [5, 5.41) is 13.6. The number of aromatic nitrogens is 2. The molecule has 28 heavy (non-hydrogen) atoms. The number of ether oxygens (including phenoxy) is 1. The maximum Gasteiger partial charge on any atom is 0.310 e. The number of para-hydroxylation sites is 4. The van der Waals surface area contributed by atoms with Crippen LogP contribution in [0, 0.1) is 10.1 Å². The molecule has 0 fully saturated rings. The molecule has 2 N–H and O–H groups in total. The van der Waals surface area contributed by atoms with E-state index in [0.29, 0.717) is 11.7 Å². The van der Waals surface area contributed by atoms with Crippen LogP contribution in [0.3, 0.4) is 0 Å². The van der Waals surface area contributed by atoms with Crippen LogP contribution in [0.2, 0.25) is 0 Å². The number of nitrogens with one attached hydrogen (secondary N) is 2. The number of nitro benzene ring substituents is 1. The van der Waals surface area contributed by atoms with Crippen LogP contribution in [-0.2, 0) is 6.61 Å². The average Bonchev–Trinajstić information content (AvgIpc) is 3.33. The highest BCUT2D eigenvalue weighted by atomic mass is 16.6. The van der Waals surface area contributed by atoms with Crippen molar-refractivity contribution in [1.29, 1.82) is 0 Å². The van der Waals surface area contributed by atoms with Gasteiger partial charge >= 0.3 is 5.69 Å². The predicted molar refractivity (Wildman–Crippen MR) is 100 cm³/mol. The summed E-state index contributed by atoms with van der Waals surface area (Å²) < 4.78 is 10.9. The normalized spacial score (nSPS) is 10.7. The van der Waals surface area contributed by atoms with Crippen molar-refractivity contribution < 1.29 is 18.9 Å². The number of H-pyrrole nitrogens is 1. The Bertz CT molecular complexity index is 1130. The summed E-state index contributed by atoms with van der Waals surface area (Å²) in [4.78, 5) is 30.1. The number of fused-ring (bicyclic) bond motifs is 1. The van der Waals surface area contributed by atoms with E-state index in [1.54, 1.807) is 18.2 Å². The molecule has 4 aromatic rings. The van der Waals surface area contributed by atoms with Gasteiger partial charge in [0.05, 0.1) is 16.0 Å². The smallest absolute Gasteiger partial charge is 0.310 e. The predicted octanol–water partition coefficient (Wildman–Crippen LogP) is 3.90. The van der Waals surface area contributed by atoms with Crippen LogP contribution in [-0.4, -0.2) is 20.8 Å². The van der Waals surface area contributed by atoms with Gasteiger partial charge in [-0.25, -0.2) is 4.98 Å². The Balaban J connectivity index is 1.42. The molecular weight excluding hydrogens is 364 g/mol. The first-order chi connectivity index (χ1) is 13.6. The fourth-order valence-corrected chi connectivity index (χ4v) is 2.64. The lowest BCUT2D eigenvalue weighted by molar-refractivity contribution is -0.386. The van der Waals surface area contributed by atoms with Crippen LogP contribution in [0.4, 0.5) is 11.6 Å². The number of hydrogen-bond donors (Lipinski definition) is 2. The van der Waals surface area contributed by atoms with Crippen LogP contribution in [0.25, 0.3) is 11.0 Å². The van der Waals surface area contributed by atoms with Gasteiger partial charge in [0.2, 0.25) is 5.95 Å². The van der Waals surface area contributed by atoms with E-state index >= 15 is 0 Å². The molecule has 9 heteroatoms. The molecule has 0 unspecified atom stereocenters. The van der Waals surface area contributed by atoms with Crippen LogP contribution in [0.1, 0.15) is 16.3 Å². The molecule has 0 aliphatic rings. The molecule has 2 aromatic carbocycles. The summed E-state index contributed by atoms with van der Waals surface area (Å²) in [6.45, 7) is -0.0528. The van der Waals surface area contributed by atoms with Crippen molar-refractivity contribution in [2.24, 2.45) is 0 Å². The van der Waals surface area contributed by atoms with E-state index in [4.69, 9.17) is 9.15 Å². The molecule has 9 nitrogen and oxygen atoms in total. The van der Waals surface area contributed by atoms with Crippen molar-refractivity contribution in [2.45, 2.75) is 6.61 Å². The molecule has 0 atom stereocenters. The third-order valence-electron chi connectivity index (χ3n) is 3.94. The highest BCUT2D eigenvalue weighted by Gasteiger charge is 2.16. The molecule has 0 saturated carbocycles. The molecule has 0 aliphatic carbocycles. The number of aromatic amines is 1. The van der Waals surface area contributed by atoms with Gasteiger partial charge in [-0.05, 0) is 30.3 Å². The number of rotatable bonds is 6. The molecule has 4 rings (SSSR count). The fraction of sp³-hybridized carbons (Fsp3) is 0.0526. The minimum absolute atomic E-state index is 0.0528. The monoisotopic (exact) mass is 378 g/mol. The number of nitro groups is 1. The fourth-order valence-electron chi connectivity index (χ4n) is 2.64. The zero-order valence-corrected chi connectivity index (χ0v) is 14.4. The van der Waals surface area contributed by atoms with Crippen LogP contribution >= 0.6 is 0 Å². The van der Waals surface area contributed by atoms with Gasteiger partial charge < -0.3 is 14.1 Å². The molecular formula is C19H14N4O5. The number of amides is 1. The lowest BCUT2D eigenvalue weighted by Crippen LogP contribution is -2.12. The number of carbonyl (C=O) groups excluding carboxylic acids is 1. The Hall–Kier alpha value is -4.14. The van der Waals surface area contributed by atoms with E-state index in [1.807, 2.05) is 24.3 Å². The number of benzene rings is 2. The summed E-state index contributed by atoms with van der Waals surface area (Å²) in [5.41, 5.74) is 1.39. The van der Waals surface area contributed by atoms with Gasteiger partial charge in [-0.1, -0.05) is 24.3 Å². The van der Waals surface area contributed by atoms with E-state index in [-0.39, 0.29) is 23.8 Å². The van der Waals surface area contributed by atoms with Crippen molar-refractivity contribution in [3.63, 3.8) is 0 Å². The van der Waals surface area contributed by atoms with E-state index in [9.17, 15) is 14.9 Å². The van der Waals surface area contributed by atoms with Crippen LogP contribution in [0.15, 0.2) is 65.1 Å². The molecule has 0 bridgehead atoms. The number of furan rings is 1. The Morgan fingerprint density at radius 3 is 2.75 bits per heavy atom. The van der Waals surface area contributed by atoms with Crippen molar-refractivity contribution in [3.8, 4) is 5.75 Å². The second-order valence-corrected chi connectivity index (χ2v) is 5.84. The third-order valence-corrected chi connectivity index (χ3v) is 3.94. The van der Waals surface area contributed by atoms with E-state index < -0.39 is 10.8 Å². The highest BCUT2D eigenvalue weighted by Crippen LogP contribution is 2.27. The summed E-state index contributed by atoms with van der Waals surface area (Å²) in [5.74, 6) is 0.378. The van der Waals surface area contributed by atoms with E-state index in [0.717, 1.165) is 11.0 Å². The number of hydrogen-bond acceptors (Lipinski definition) is 6. The van der Waals surface area contributed by atoms with Gasteiger partial charge in [0.1, 0.15) is 12.4 Å². The van der Waals surface area contributed by atoms with E-state index in [1.165, 1.54) is 18.2 Å². The molecule has 0 aliphatic heterocycles.